The summed E-state index contributed by atoms with van der Waals surface area (Å²) in [4.78, 5) is 3.91. The molecule has 0 aliphatic carbocycles. The molecule has 1 atom stereocenters. The number of pyridine rings is 1. The van der Waals surface area contributed by atoms with Crippen LogP contribution in [-0.4, -0.2) is 24.2 Å². The van der Waals surface area contributed by atoms with Crippen LogP contribution in [0.25, 0.3) is 0 Å². The van der Waals surface area contributed by atoms with Crippen molar-refractivity contribution >= 4 is 35.6 Å². The number of rotatable bonds is 3. The van der Waals surface area contributed by atoms with Crippen molar-refractivity contribution in [3.05, 3.63) is 22.4 Å². The van der Waals surface area contributed by atoms with Crippen molar-refractivity contribution < 1.29 is 4.74 Å². The molecule has 1 aliphatic rings. The lowest BCUT2D eigenvalue weighted by molar-refractivity contribution is 0.276. The first-order chi connectivity index (χ1) is 7.25. The molecule has 2 rings (SSSR count). The van der Waals surface area contributed by atoms with E-state index in [0.29, 0.717) is 28.6 Å². The highest BCUT2D eigenvalue weighted by molar-refractivity contribution is 6.41. The van der Waals surface area contributed by atoms with Gasteiger partial charge in [-0.2, -0.15) is 0 Å². The van der Waals surface area contributed by atoms with E-state index in [1.54, 1.807) is 12.3 Å². The zero-order valence-corrected chi connectivity index (χ0v) is 10.9. The van der Waals surface area contributed by atoms with Crippen LogP contribution in [0, 0.1) is 0 Å². The first-order valence-corrected chi connectivity index (χ1v) is 5.68. The molecule has 0 saturated carbocycles. The molecule has 3 nitrogen and oxygen atoms in total. The lowest BCUT2D eigenvalue weighted by atomic mass is 10.2. The van der Waals surface area contributed by atoms with Gasteiger partial charge in [0.05, 0.1) is 11.2 Å². The maximum atomic E-state index is 5.82. The monoisotopic (exact) mass is 282 g/mol. The lowest BCUT2D eigenvalue weighted by Crippen LogP contribution is -2.28. The Kier molecular flexibility index (Phi) is 5.62. The van der Waals surface area contributed by atoms with Gasteiger partial charge in [-0.25, -0.2) is 4.98 Å². The second-order valence-electron chi connectivity index (χ2n) is 3.55. The molecular weight excluding hydrogens is 270 g/mol. The normalized spacial score (nSPS) is 19.2. The Morgan fingerprint density at radius 3 is 2.94 bits per heavy atom. The minimum atomic E-state index is 0. The molecule has 16 heavy (non-hydrogen) atoms. The third-order valence-corrected chi connectivity index (χ3v) is 3.07. The zero-order valence-electron chi connectivity index (χ0n) is 8.58. The third-order valence-electron chi connectivity index (χ3n) is 2.38. The molecule has 0 aromatic carbocycles. The summed E-state index contributed by atoms with van der Waals surface area (Å²) in [7, 11) is 0. The van der Waals surface area contributed by atoms with Gasteiger partial charge < -0.3 is 10.1 Å². The average Bonchev–Trinajstić information content (AvgIpc) is 2.73. The van der Waals surface area contributed by atoms with Gasteiger partial charge >= 0.3 is 0 Å². The summed E-state index contributed by atoms with van der Waals surface area (Å²) in [6.07, 6.45) is 3.96. The van der Waals surface area contributed by atoms with Crippen molar-refractivity contribution in [2.75, 3.05) is 13.2 Å². The van der Waals surface area contributed by atoms with Gasteiger partial charge in [0.2, 0.25) is 0 Å². The van der Waals surface area contributed by atoms with E-state index in [1.165, 1.54) is 6.42 Å². The van der Waals surface area contributed by atoms with Crippen molar-refractivity contribution in [3.63, 3.8) is 0 Å². The number of nitrogens with zero attached hydrogens (tertiary/aromatic N) is 1. The molecule has 0 unspecified atom stereocenters. The van der Waals surface area contributed by atoms with Gasteiger partial charge in [0, 0.05) is 12.1 Å². The highest BCUT2D eigenvalue weighted by Gasteiger charge is 2.14. The van der Waals surface area contributed by atoms with Crippen LogP contribution in [0.1, 0.15) is 12.8 Å². The number of hydrogen-bond acceptors (Lipinski definition) is 3. The largest absolute Gasteiger partial charge is 0.490 e. The molecule has 1 aliphatic heterocycles. The minimum Gasteiger partial charge on any atom is -0.490 e. The molecular formula is C10H13Cl3N2O. The molecule has 1 fully saturated rings. The van der Waals surface area contributed by atoms with E-state index >= 15 is 0 Å². The summed E-state index contributed by atoms with van der Waals surface area (Å²) >= 11 is 11.5. The molecule has 1 aromatic rings. The van der Waals surface area contributed by atoms with E-state index in [1.807, 2.05) is 0 Å². The van der Waals surface area contributed by atoms with E-state index in [4.69, 9.17) is 27.9 Å². The summed E-state index contributed by atoms with van der Waals surface area (Å²) in [5.74, 6) is 0.665. The zero-order chi connectivity index (χ0) is 10.7. The molecule has 0 bridgehead atoms. The first-order valence-electron chi connectivity index (χ1n) is 4.93. The summed E-state index contributed by atoms with van der Waals surface area (Å²) in [6.45, 7) is 1.73. The van der Waals surface area contributed by atoms with Crippen LogP contribution >= 0.6 is 35.6 Å². The molecule has 0 radical (unpaired) electrons. The second kappa shape index (κ2) is 6.50. The highest BCUT2D eigenvalue weighted by atomic mass is 35.5. The smallest absolute Gasteiger partial charge is 0.147 e. The second-order valence-corrected chi connectivity index (χ2v) is 4.31. The van der Waals surface area contributed by atoms with Gasteiger partial charge in [-0.1, -0.05) is 23.2 Å². The Morgan fingerprint density at radius 1 is 1.50 bits per heavy atom. The van der Waals surface area contributed by atoms with E-state index in [9.17, 15) is 0 Å². The summed E-state index contributed by atoms with van der Waals surface area (Å²) < 4.78 is 5.56. The SMILES string of the molecule is Cl.Clc1cc(OC[C@H]2CCCN2)cnc1Cl. The van der Waals surface area contributed by atoms with Crippen LogP contribution in [0.3, 0.4) is 0 Å². The van der Waals surface area contributed by atoms with E-state index < -0.39 is 0 Å². The standard InChI is InChI=1S/C10H12Cl2N2O.ClH/c11-9-4-8(5-14-10(9)12)15-6-7-2-1-3-13-7;/h4-5,7,13H,1-3,6H2;1H/t7-;/m1./s1. The Morgan fingerprint density at radius 2 is 2.31 bits per heavy atom. The van der Waals surface area contributed by atoms with Gasteiger partial charge in [0.25, 0.3) is 0 Å². The predicted molar refractivity (Wildman–Crippen MR) is 68.0 cm³/mol. The Balaban J connectivity index is 0.00000128. The number of nitrogens with one attached hydrogen (secondary N) is 1. The lowest BCUT2D eigenvalue weighted by Gasteiger charge is -2.11. The van der Waals surface area contributed by atoms with Gasteiger partial charge in [0.1, 0.15) is 17.5 Å². The number of ether oxygens (including phenoxy) is 1. The van der Waals surface area contributed by atoms with Crippen molar-refractivity contribution in [1.82, 2.24) is 10.3 Å². The molecule has 2 heterocycles. The molecule has 1 aromatic heterocycles. The number of hydrogen-bond donors (Lipinski definition) is 1. The number of aromatic nitrogens is 1. The van der Waals surface area contributed by atoms with Crippen molar-refractivity contribution in [2.24, 2.45) is 0 Å². The summed E-state index contributed by atoms with van der Waals surface area (Å²) in [5, 5.41) is 4.08. The van der Waals surface area contributed by atoms with Gasteiger partial charge in [0.15, 0.2) is 0 Å². The molecule has 0 spiro atoms. The summed E-state index contributed by atoms with van der Waals surface area (Å²) in [5.41, 5.74) is 0. The number of halogens is 3. The summed E-state index contributed by atoms with van der Waals surface area (Å²) in [6, 6.07) is 2.13. The Bertz CT molecular complexity index is 343. The van der Waals surface area contributed by atoms with E-state index in [0.717, 1.165) is 13.0 Å². The fourth-order valence-corrected chi connectivity index (χ4v) is 1.84. The van der Waals surface area contributed by atoms with Crippen molar-refractivity contribution in [2.45, 2.75) is 18.9 Å². The van der Waals surface area contributed by atoms with Crippen LogP contribution in [0.4, 0.5) is 0 Å². The van der Waals surface area contributed by atoms with E-state index in [2.05, 4.69) is 10.3 Å². The Labute approximate surface area is 111 Å². The maximum Gasteiger partial charge on any atom is 0.147 e. The quantitative estimate of drug-likeness (QED) is 0.866. The van der Waals surface area contributed by atoms with Crippen molar-refractivity contribution in [3.8, 4) is 5.75 Å². The fraction of sp³-hybridized carbons (Fsp3) is 0.500. The molecule has 90 valence electrons. The van der Waals surface area contributed by atoms with E-state index in [-0.39, 0.29) is 12.4 Å². The predicted octanol–water partition coefficient (Wildman–Crippen LogP) is 2.94. The maximum absolute atomic E-state index is 5.82. The molecule has 6 heteroatoms. The van der Waals surface area contributed by atoms with Crippen molar-refractivity contribution in [1.29, 1.82) is 0 Å². The fourth-order valence-electron chi connectivity index (χ4n) is 1.58. The highest BCUT2D eigenvalue weighted by Crippen LogP contribution is 2.23. The Hall–Kier alpha value is -0.220. The van der Waals surface area contributed by atoms with Crippen LogP contribution < -0.4 is 10.1 Å². The van der Waals surface area contributed by atoms with Crippen LogP contribution in [0.5, 0.6) is 5.75 Å². The van der Waals surface area contributed by atoms with Crippen LogP contribution in [-0.2, 0) is 0 Å². The molecule has 1 saturated heterocycles. The van der Waals surface area contributed by atoms with Crippen LogP contribution in [0.15, 0.2) is 12.3 Å². The first kappa shape index (κ1) is 13.8. The average molecular weight is 284 g/mol. The minimum absolute atomic E-state index is 0. The van der Waals surface area contributed by atoms with Gasteiger partial charge in [-0.15, -0.1) is 12.4 Å². The topological polar surface area (TPSA) is 34.1 Å². The molecule has 1 N–H and O–H groups in total. The van der Waals surface area contributed by atoms with Gasteiger partial charge in [-0.3, -0.25) is 0 Å². The third kappa shape index (κ3) is 3.67. The molecule has 0 amide bonds. The van der Waals surface area contributed by atoms with Crippen LogP contribution in [0.2, 0.25) is 10.2 Å². The van der Waals surface area contributed by atoms with Gasteiger partial charge in [-0.05, 0) is 19.4 Å².